The molecule has 0 radical (unpaired) electrons. The minimum absolute atomic E-state index is 0.0185. The zero-order valence-electron chi connectivity index (χ0n) is 20.8. The van der Waals surface area contributed by atoms with E-state index in [0.717, 1.165) is 39.9 Å². The molecule has 1 N–H and O–H groups in total. The number of rotatable bonds is 6. The topological polar surface area (TPSA) is 92.1 Å². The van der Waals surface area contributed by atoms with Crippen molar-refractivity contribution in [1.29, 1.82) is 0 Å². The molecule has 182 valence electrons. The van der Waals surface area contributed by atoms with Crippen LogP contribution in [0.25, 0.3) is 21.9 Å². The number of anilines is 2. The standard InChI is InChI=1S/C26H32N8O/c1-17(2)16-34-24-23(15-28-34)30-26(33-11-9-32(10-12-33)19(4)35)31-25(24)29-18(3)21-13-20-7-5-6-8-22(20)27-14-21/h5-8,13-15,17-18H,9-12,16H2,1-4H3,(H,29,30,31)/t18-/m1/s1. The third-order valence-electron chi connectivity index (χ3n) is 6.49. The van der Waals surface area contributed by atoms with Crippen molar-refractivity contribution in [2.24, 2.45) is 5.92 Å². The predicted molar refractivity (Wildman–Crippen MR) is 138 cm³/mol. The van der Waals surface area contributed by atoms with E-state index in [1.165, 1.54) is 0 Å². The molecule has 35 heavy (non-hydrogen) atoms. The Labute approximate surface area is 205 Å². The number of nitrogens with zero attached hydrogens (tertiary/aromatic N) is 7. The average molecular weight is 473 g/mol. The Bertz CT molecular complexity index is 1360. The molecule has 0 unspecified atom stereocenters. The van der Waals surface area contributed by atoms with Crippen molar-refractivity contribution in [2.45, 2.75) is 40.3 Å². The van der Waals surface area contributed by atoms with E-state index in [1.807, 2.05) is 40.2 Å². The van der Waals surface area contributed by atoms with E-state index in [4.69, 9.17) is 9.97 Å². The van der Waals surface area contributed by atoms with E-state index in [0.29, 0.717) is 38.0 Å². The highest BCUT2D eigenvalue weighted by Gasteiger charge is 2.23. The summed E-state index contributed by atoms with van der Waals surface area (Å²) in [7, 11) is 0. The van der Waals surface area contributed by atoms with Gasteiger partial charge in [0.1, 0.15) is 11.0 Å². The van der Waals surface area contributed by atoms with Crippen LogP contribution in [0.15, 0.2) is 42.7 Å². The smallest absolute Gasteiger partial charge is 0.228 e. The molecule has 5 rings (SSSR count). The summed E-state index contributed by atoms with van der Waals surface area (Å²) < 4.78 is 1.99. The molecule has 1 aliphatic rings. The van der Waals surface area contributed by atoms with Gasteiger partial charge in [-0.15, -0.1) is 0 Å². The van der Waals surface area contributed by atoms with Gasteiger partial charge in [-0.05, 0) is 30.5 Å². The maximum absolute atomic E-state index is 11.7. The summed E-state index contributed by atoms with van der Waals surface area (Å²) >= 11 is 0. The number of pyridine rings is 1. The van der Waals surface area contributed by atoms with Crippen LogP contribution in [0, 0.1) is 5.92 Å². The van der Waals surface area contributed by atoms with Crippen LogP contribution in [0.2, 0.25) is 0 Å². The van der Waals surface area contributed by atoms with E-state index in [1.54, 1.807) is 6.92 Å². The number of carbonyl (C=O) groups excluding carboxylic acids is 1. The third kappa shape index (κ3) is 4.76. The molecule has 9 nitrogen and oxygen atoms in total. The van der Waals surface area contributed by atoms with Crippen LogP contribution in [-0.4, -0.2) is 61.7 Å². The molecule has 0 saturated carbocycles. The van der Waals surface area contributed by atoms with E-state index >= 15 is 0 Å². The first-order valence-electron chi connectivity index (χ1n) is 12.2. The van der Waals surface area contributed by atoms with Crippen molar-refractivity contribution in [1.82, 2.24) is 29.6 Å². The molecule has 4 heterocycles. The monoisotopic (exact) mass is 472 g/mol. The van der Waals surface area contributed by atoms with Crippen LogP contribution in [0.1, 0.15) is 39.3 Å². The van der Waals surface area contributed by atoms with Crippen LogP contribution < -0.4 is 10.2 Å². The average Bonchev–Trinajstić information content (AvgIpc) is 3.26. The minimum Gasteiger partial charge on any atom is -0.362 e. The maximum Gasteiger partial charge on any atom is 0.228 e. The van der Waals surface area contributed by atoms with E-state index in [2.05, 4.69) is 53.2 Å². The number of piperazine rings is 1. The first-order valence-corrected chi connectivity index (χ1v) is 12.2. The summed E-state index contributed by atoms with van der Waals surface area (Å²) in [6.45, 7) is 11.6. The lowest BCUT2D eigenvalue weighted by Gasteiger charge is -2.34. The van der Waals surface area contributed by atoms with Crippen molar-refractivity contribution in [3.8, 4) is 0 Å². The summed E-state index contributed by atoms with van der Waals surface area (Å²) in [5, 5.41) is 9.37. The van der Waals surface area contributed by atoms with Gasteiger partial charge >= 0.3 is 0 Å². The quantitative estimate of drug-likeness (QED) is 0.455. The molecule has 1 aliphatic heterocycles. The lowest BCUT2D eigenvalue weighted by molar-refractivity contribution is -0.129. The van der Waals surface area contributed by atoms with Gasteiger partial charge in [0.05, 0.1) is 17.8 Å². The lowest BCUT2D eigenvalue weighted by atomic mass is 10.1. The first kappa shape index (κ1) is 23.0. The molecule has 4 aromatic rings. The predicted octanol–water partition coefficient (Wildman–Crippen LogP) is 3.87. The largest absolute Gasteiger partial charge is 0.362 e. The van der Waals surface area contributed by atoms with Crippen molar-refractivity contribution >= 4 is 39.6 Å². The third-order valence-corrected chi connectivity index (χ3v) is 6.49. The second-order valence-corrected chi connectivity index (χ2v) is 9.65. The van der Waals surface area contributed by atoms with Crippen LogP contribution in [0.3, 0.4) is 0 Å². The highest BCUT2D eigenvalue weighted by atomic mass is 16.2. The van der Waals surface area contributed by atoms with Crippen LogP contribution in [0.5, 0.6) is 0 Å². The zero-order chi connectivity index (χ0) is 24.5. The first-order chi connectivity index (χ1) is 16.9. The number of aromatic nitrogens is 5. The molecule has 1 fully saturated rings. The highest BCUT2D eigenvalue weighted by molar-refractivity contribution is 5.87. The maximum atomic E-state index is 11.7. The number of nitrogens with one attached hydrogen (secondary N) is 1. The van der Waals surface area contributed by atoms with Gasteiger partial charge in [-0.3, -0.25) is 14.5 Å². The number of para-hydroxylation sites is 1. The van der Waals surface area contributed by atoms with Crippen LogP contribution >= 0.6 is 0 Å². The molecule has 1 amide bonds. The molecule has 9 heteroatoms. The Morgan fingerprint density at radius 2 is 1.80 bits per heavy atom. The number of hydrogen-bond acceptors (Lipinski definition) is 7. The second-order valence-electron chi connectivity index (χ2n) is 9.65. The van der Waals surface area contributed by atoms with Gasteiger partial charge in [0.25, 0.3) is 0 Å². The summed E-state index contributed by atoms with van der Waals surface area (Å²) in [5.74, 6) is 1.97. The van der Waals surface area contributed by atoms with Crippen molar-refractivity contribution in [3.05, 3.63) is 48.3 Å². The lowest BCUT2D eigenvalue weighted by Crippen LogP contribution is -2.48. The fraction of sp³-hybridized carbons (Fsp3) is 0.423. The van der Waals surface area contributed by atoms with Crippen LogP contribution in [0.4, 0.5) is 11.8 Å². The number of carbonyl (C=O) groups is 1. The van der Waals surface area contributed by atoms with Crippen molar-refractivity contribution < 1.29 is 4.79 Å². The van der Waals surface area contributed by atoms with Crippen LogP contribution in [-0.2, 0) is 11.3 Å². The number of benzene rings is 1. The molecule has 0 aliphatic carbocycles. The Hall–Kier alpha value is -3.75. The Kier molecular flexibility index (Phi) is 6.23. The Morgan fingerprint density at radius 1 is 1.03 bits per heavy atom. The molecular weight excluding hydrogens is 440 g/mol. The van der Waals surface area contributed by atoms with Gasteiger partial charge in [-0.2, -0.15) is 10.1 Å². The summed E-state index contributed by atoms with van der Waals surface area (Å²) in [5.41, 5.74) is 3.79. The van der Waals surface area contributed by atoms with Gasteiger partial charge in [-0.1, -0.05) is 32.0 Å². The molecule has 1 atom stereocenters. The summed E-state index contributed by atoms with van der Waals surface area (Å²) in [6.07, 6.45) is 3.74. The summed E-state index contributed by atoms with van der Waals surface area (Å²) in [6, 6.07) is 10.3. The van der Waals surface area contributed by atoms with E-state index in [9.17, 15) is 4.79 Å². The Morgan fingerprint density at radius 3 is 2.54 bits per heavy atom. The molecular formula is C26H32N8O. The normalized spacial score (nSPS) is 15.2. The second kappa shape index (κ2) is 9.48. The fourth-order valence-electron chi connectivity index (χ4n) is 4.55. The van der Waals surface area contributed by atoms with Crippen molar-refractivity contribution in [3.63, 3.8) is 0 Å². The molecule has 0 spiro atoms. The van der Waals surface area contributed by atoms with Gasteiger partial charge < -0.3 is 15.1 Å². The fourth-order valence-corrected chi connectivity index (χ4v) is 4.55. The molecule has 3 aromatic heterocycles. The highest BCUT2D eigenvalue weighted by Crippen LogP contribution is 2.29. The number of fused-ring (bicyclic) bond motifs is 2. The molecule has 1 saturated heterocycles. The van der Waals surface area contributed by atoms with E-state index in [-0.39, 0.29) is 11.9 Å². The van der Waals surface area contributed by atoms with Gasteiger partial charge in [0.2, 0.25) is 11.9 Å². The Balaban J connectivity index is 1.49. The minimum atomic E-state index is -0.0185. The van der Waals surface area contributed by atoms with Gasteiger partial charge in [0, 0.05) is 51.2 Å². The molecule has 0 bridgehead atoms. The number of hydrogen-bond donors (Lipinski definition) is 1. The SMILES string of the molecule is CC(=O)N1CCN(c2nc(N[C@H](C)c3cnc4ccccc4c3)c3c(cnn3CC(C)C)n2)CC1. The summed E-state index contributed by atoms with van der Waals surface area (Å²) in [4.78, 5) is 30.2. The van der Waals surface area contributed by atoms with Crippen molar-refractivity contribution in [2.75, 3.05) is 36.4 Å². The van der Waals surface area contributed by atoms with Gasteiger partial charge in [0.15, 0.2) is 5.82 Å². The number of amides is 1. The zero-order valence-corrected chi connectivity index (χ0v) is 20.8. The van der Waals surface area contributed by atoms with Gasteiger partial charge in [-0.25, -0.2) is 4.98 Å². The van der Waals surface area contributed by atoms with E-state index < -0.39 is 0 Å². The molecule has 1 aromatic carbocycles.